The second kappa shape index (κ2) is 10.1. The third-order valence-corrected chi connectivity index (χ3v) is 5.57. The zero-order chi connectivity index (χ0) is 23.1. The van der Waals surface area contributed by atoms with Crippen molar-refractivity contribution in [2.45, 2.75) is 17.8 Å². The molecular formula is C27H24N2O4. The van der Waals surface area contributed by atoms with Crippen molar-refractivity contribution in [1.82, 2.24) is 10.6 Å². The molecule has 1 aliphatic heterocycles. The highest BCUT2D eigenvalue weighted by Gasteiger charge is 2.47. The second-order valence-electron chi connectivity index (χ2n) is 7.50. The van der Waals surface area contributed by atoms with E-state index in [2.05, 4.69) is 27.2 Å². The Morgan fingerprint density at radius 3 is 1.82 bits per heavy atom. The lowest BCUT2D eigenvalue weighted by atomic mass is 9.76. The first-order valence-corrected chi connectivity index (χ1v) is 10.6. The smallest absolute Gasteiger partial charge is 0.384 e. The number of hydrogen-bond donors (Lipinski definition) is 2. The minimum Gasteiger partial charge on any atom is -0.459 e. The minimum absolute atomic E-state index is 0.0206. The number of rotatable bonds is 7. The van der Waals surface area contributed by atoms with Gasteiger partial charge in [-0.05, 0) is 16.7 Å². The van der Waals surface area contributed by atoms with Gasteiger partial charge in [-0.25, -0.2) is 4.79 Å². The monoisotopic (exact) mass is 440 g/mol. The van der Waals surface area contributed by atoms with Crippen molar-refractivity contribution < 1.29 is 19.1 Å². The fraction of sp³-hybridized carbons (Fsp3) is 0.185. The van der Waals surface area contributed by atoms with Crippen molar-refractivity contribution in [3.63, 3.8) is 0 Å². The predicted octanol–water partition coefficient (Wildman–Crippen LogP) is 2.59. The summed E-state index contributed by atoms with van der Waals surface area (Å²) in [6.45, 7) is -0.0206. The van der Waals surface area contributed by atoms with Crippen molar-refractivity contribution in [3.8, 4) is 11.8 Å². The van der Waals surface area contributed by atoms with Gasteiger partial charge in [0.1, 0.15) is 12.6 Å². The summed E-state index contributed by atoms with van der Waals surface area (Å²) in [7, 11) is 1.26. The molecular weight excluding hydrogens is 416 g/mol. The van der Waals surface area contributed by atoms with E-state index in [0.717, 1.165) is 16.7 Å². The Kier molecular flexibility index (Phi) is 6.84. The average molecular weight is 440 g/mol. The van der Waals surface area contributed by atoms with Crippen LogP contribution in [0.25, 0.3) is 0 Å². The van der Waals surface area contributed by atoms with Gasteiger partial charge in [-0.2, -0.15) is 0 Å². The molecule has 0 bridgehead atoms. The number of methoxy groups -OCH3 is 1. The van der Waals surface area contributed by atoms with Gasteiger partial charge in [0.05, 0.1) is 12.6 Å². The first kappa shape index (κ1) is 22.3. The summed E-state index contributed by atoms with van der Waals surface area (Å²) in [4.78, 5) is 23.8. The molecule has 166 valence electrons. The number of β-lactam (4-membered cyclic amide) rings is 1. The van der Waals surface area contributed by atoms with Crippen LogP contribution in [0.3, 0.4) is 0 Å². The van der Waals surface area contributed by atoms with Gasteiger partial charge in [-0.15, -0.1) is 0 Å². The summed E-state index contributed by atoms with van der Waals surface area (Å²) in [6, 6.07) is 29.4. The van der Waals surface area contributed by atoms with Crippen molar-refractivity contribution >= 4 is 11.9 Å². The van der Waals surface area contributed by atoms with Gasteiger partial charge in [-0.1, -0.05) is 96.9 Å². The molecule has 0 spiro atoms. The third-order valence-electron chi connectivity index (χ3n) is 5.57. The number of esters is 1. The van der Waals surface area contributed by atoms with E-state index in [9.17, 15) is 9.59 Å². The zero-order valence-corrected chi connectivity index (χ0v) is 18.2. The summed E-state index contributed by atoms with van der Waals surface area (Å²) in [5, 5.41) is 6.36. The van der Waals surface area contributed by atoms with Gasteiger partial charge >= 0.3 is 5.97 Å². The third kappa shape index (κ3) is 4.65. The van der Waals surface area contributed by atoms with Crippen molar-refractivity contribution in [2.75, 3.05) is 13.7 Å². The normalized spacial score (nSPS) is 17.2. The van der Waals surface area contributed by atoms with E-state index in [1.54, 1.807) is 0 Å². The highest BCUT2D eigenvalue weighted by atomic mass is 16.5. The Morgan fingerprint density at radius 1 is 0.909 bits per heavy atom. The lowest BCUT2D eigenvalue weighted by Crippen LogP contribution is -2.72. The van der Waals surface area contributed by atoms with E-state index >= 15 is 0 Å². The highest BCUT2D eigenvalue weighted by Crippen LogP contribution is 2.38. The molecule has 0 aromatic heterocycles. The number of carbonyl (C=O) groups excluding carboxylic acids is 2. The molecule has 3 aromatic rings. The van der Waals surface area contributed by atoms with Crippen LogP contribution in [-0.2, 0) is 24.6 Å². The van der Waals surface area contributed by atoms with Crippen LogP contribution in [-0.4, -0.2) is 37.9 Å². The van der Waals surface area contributed by atoms with Gasteiger partial charge in [0.15, 0.2) is 6.23 Å². The maximum Gasteiger partial charge on any atom is 0.384 e. The number of ether oxygens (including phenoxy) is 2. The number of benzene rings is 3. The Balaban J connectivity index is 1.72. The SMILES string of the molecule is COC(=O)C#CCO[C@H]1NC(=O)[C@H]1NC(c1ccccc1)(c1ccccc1)c1ccccc1. The molecule has 6 heteroatoms. The van der Waals surface area contributed by atoms with Gasteiger partial charge in [0.2, 0.25) is 5.91 Å². The summed E-state index contributed by atoms with van der Waals surface area (Å²) in [6.07, 6.45) is -0.597. The summed E-state index contributed by atoms with van der Waals surface area (Å²) in [5.41, 5.74) is 2.18. The first-order chi connectivity index (χ1) is 16.1. The Labute approximate surface area is 192 Å². The van der Waals surface area contributed by atoms with Crippen LogP contribution in [0.15, 0.2) is 91.0 Å². The molecule has 1 amide bonds. The lowest BCUT2D eigenvalue weighted by Gasteiger charge is -2.45. The number of amides is 1. The number of hydrogen-bond acceptors (Lipinski definition) is 5. The number of nitrogens with one attached hydrogen (secondary N) is 2. The molecule has 4 rings (SSSR count). The van der Waals surface area contributed by atoms with Crippen LogP contribution in [0.1, 0.15) is 16.7 Å². The van der Waals surface area contributed by atoms with E-state index < -0.39 is 23.8 Å². The lowest BCUT2D eigenvalue weighted by molar-refractivity contribution is -0.146. The van der Waals surface area contributed by atoms with Crippen molar-refractivity contribution in [3.05, 3.63) is 108 Å². The zero-order valence-electron chi connectivity index (χ0n) is 18.2. The first-order valence-electron chi connectivity index (χ1n) is 10.6. The molecule has 0 aliphatic carbocycles. The van der Waals surface area contributed by atoms with Gasteiger partial charge < -0.3 is 14.8 Å². The Morgan fingerprint density at radius 2 is 1.39 bits per heavy atom. The van der Waals surface area contributed by atoms with E-state index in [-0.39, 0.29) is 12.5 Å². The molecule has 1 heterocycles. The van der Waals surface area contributed by atoms with Crippen molar-refractivity contribution in [2.24, 2.45) is 0 Å². The summed E-state index contributed by atoms with van der Waals surface area (Å²) < 4.78 is 10.2. The Hall–Kier alpha value is -3.92. The molecule has 6 nitrogen and oxygen atoms in total. The molecule has 1 fully saturated rings. The van der Waals surface area contributed by atoms with Gasteiger partial charge in [0, 0.05) is 5.92 Å². The topological polar surface area (TPSA) is 76.7 Å². The second-order valence-corrected chi connectivity index (χ2v) is 7.50. The minimum atomic E-state index is -0.800. The highest BCUT2D eigenvalue weighted by molar-refractivity contribution is 5.89. The maximum atomic E-state index is 12.6. The van der Waals surface area contributed by atoms with E-state index in [1.165, 1.54) is 7.11 Å². The molecule has 1 aliphatic rings. The number of carbonyl (C=O) groups is 2. The maximum absolute atomic E-state index is 12.6. The van der Waals surface area contributed by atoms with Crippen LogP contribution in [0, 0.1) is 11.8 Å². The summed E-state index contributed by atoms with van der Waals surface area (Å²) >= 11 is 0. The quantitative estimate of drug-likeness (QED) is 0.194. The van der Waals surface area contributed by atoms with E-state index in [0.29, 0.717) is 0 Å². The van der Waals surface area contributed by atoms with Gasteiger partial charge in [0.25, 0.3) is 0 Å². The van der Waals surface area contributed by atoms with Crippen LogP contribution >= 0.6 is 0 Å². The Bertz CT molecular complexity index is 1060. The molecule has 33 heavy (non-hydrogen) atoms. The van der Waals surface area contributed by atoms with E-state index in [1.807, 2.05) is 91.0 Å². The van der Waals surface area contributed by atoms with Gasteiger partial charge in [-0.3, -0.25) is 10.1 Å². The molecule has 2 atom stereocenters. The fourth-order valence-electron chi connectivity index (χ4n) is 3.97. The molecule has 0 saturated carbocycles. The molecule has 0 unspecified atom stereocenters. The standard InChI is InChI=1S/C27H24N2O4/c1-32-23(30)18-11-19-33-26-24(25(31)28-26)29-27(20-12-5-2-6-13-20,21-14-7-3-8-15-21)22-16-9-4-10-17-22/h2-10,12-17,24,26,29H,19H2,1H3,(H,28,31)/t24-,26-/m1/s1. The molecule has 3 aromatic carbocycles. The predicted molar refractivity (Wildman–Crippen MR) is 124 cm³/mol. The van der Waals surface area contributed by atoms with Crippen LogP contribution in [0.4, 0.5) is 0 Å². The van der Waals surface area contributed by atoms with Crippen LogP contribution in [0.5, 0.6) is 0 Å². The van der Waals surface area contributed by atoms with E-state index in [4.69, 9.17) is 4.74 Å². The van der Waals surface area contributed by atoms with Crippen LogP contribution < -0.4 is 10.6 Å². The van der Waals surface area contributed by atoms with Crippen LogP contribution in [0.2, 0.25) is 0 Å². The molecule has 0 radical (unpaired) electrons. The van der Waals surface area contributed by atoms with Crippen molar-refractivity contribution in [1.29, 1.82) is 0 Å². The average Bonchev–Trinajstić information content (AvgIpc) is 2.88. The molecule has 1 saturated heterocycles. The fourth-order valence-corrected chi connectivity index (χ4v) is 3.97. The molecule has 2 N–H and O–H groups in total. The largest absolute Gasteiger partial charge is 0.459 e. The summed E-state index contributed by atoms with van der Waals surface area (Å²) in [5.74, 6) is 4.11.